The fraction of sp³-hybridized carbons (Fsp3) is 0.0909. The Morgan fingerprint density at radius 1 is 1.06 bits per heavy atom. The molecule has 0 bridgehead atoms. The van der Waals surface area contributed by atoms with Gasteiger partial charge in [0.25, 0.3) is 0 Å². The normalized spacial score (nSPS) is 12.1. The molecule has 180 valence electrons. The van der Waals surface area contributed by atoms with Gasteiger partial charge in [-0.1, -0.05) is 11.6 Å². The van der Waals surface area contributed by atoms with E-state index in [0.29, 0.717) is 15.9 Å². The first-order chi connectivity index (χ1) is 17.2. The Labute approximate surface area is 208 Å². The highest BCUT2D eigenvalue weighted by molar-refractivity contribution is 7.16. The monoisotopic (exact) mass is 528 g/mol. The Hall–Kier alpha value is -4.10. The number of carbonyl (C=O) groups is 1. The zero-order valence-corrected chi connectivity index (χ0v) is 19.7. The molecule has 0 N–H and O–H groups in total. The van der Waals surface area contributed by atoms with Crippen LogP contribution in [0.1, 0.15) is 21.6 Å². The van der Waals surface area contributed by atoms with Crippen LogP contribution >= 0.6 is 22.9 Å². The maximum absolute atomic E-state index is 14.3. The maximum atomic E-state index is 14.3. The predicted octanol–water partition coefficient (Wildman–Crippen LogP) is 4.85. The second-order valence-corrected chi connectivity index (χ2v) is 9.05. The summed E-state index contributed by atoms with van der Waals surface area (Å²) in [5.41, 5.74) is -1.28. The first-order valence-electron chi connectivity index (χ1n) is 10.3. The van der Waals surface area contributed by atoms with E-state index >= 15 is 0 Å². The third-order valence-electron chi connectivity index (χ3n) is 5.59. The van der Waals surface area contributed by atoms with Gasteiger partial charge >= 0.3 is 6.18 Å². The Balaban J connectivity index is 1.53. The molecule has 0 aliphatic carbocycles. The molecule has 0 unspecified atom stereocenters. The number of hydrogen-bond donors (Lipinski definition) is 0. The number of pyridine rings is 2. The highest BCUT2D eigenvalue weighted by Gasteiger charge is 2.41. The third-order valence-corrected chi connectivity index (χ3v) is 6.69. The molecule has 36 heavy (non-hydrogen) atoms. The molecule has 0 radical (unpaired) electrons. The quantitative estimate of drug-likeness (QED) is 0.303. The molecule has 6 rings (SSSR count). The molecule has 0 fully saturated rings. The summed E-state index contributed by atoms with van der Waals surface area (Å²) in [5.74, 6) is -0.645. The lowest BCUT2D eigenvalue weighted by Crippen LogP contribution is -2.18. The van der Waals surface area contributed by atoms with Crippen molar-refractivity contribution in [2.24, 2.45) is 7.05 Å². The molecular weight excluding hydrogens is 517 g/mol. The SMILES string of the molecule is Cn1cc(C(=O)c2cnn(-c3ccnc4sccc34)c2C(F)(F)F)c2cc(Cl)c(-n3nccn3)nc21. The average Bonchev–Trinajstić information content (AvgIpc) is 3.63. The lowest BCUT2D eigenvalue weighted by Gasteiger charge is -2.13. The van der Waals surface area contributed by atoms with Crippen molar-refractivity contribution in [2.45, 2.75) is 6.18 Å². The Kier molecular flexibility index (Phi) is 4.95. The number of rotatable bonds is 4. The van der Waals surface area contributed by atoms with Crippen molar-refractivity contribution in [3.63, 3.8) is 0 Å². The van der Waals surface area contributed by atoms with E-state index in [9.17, 15) is 18.0 Å². The molecule has 0 saturated carbocycles. The predicted molar refractivity (Wildman–Crippen MR) is 126 cm³/mol. The number of aryl methyl sites for hydroxylation is 1. The molecule has 0 aliphatic rings. The minimum atomic E-state index is -4.87. The van der Waals surface area contributed by atoms with Crippen molar-refractivity contribution >= 4 is 50.0 Å². The number of halogens is 4. The van der Waals surface area contributed by atoms with Gasteiger partial charge in [-0.3, -0.25) is 4.79 Å². The molecule has 14 heteroatoms. The lowest BCUT2D eigenvalue weighted by atomic mass is 10.0. The summed E-state index contributed by atoms with van der Waals surface area (Å²) in [6.45, 7) is 0. The highest BCUT2D eigenvalue weighted by atomic mass is 35.5. The van der Waals surface area contributed by atoms with Crippen molar-refractivity contribution in [2.75, 3.05) is 0 Å². The Morgan fingerprint density at radius 2 is 1.83 bits per heavy atom. The number of aromatic nitrogens is 8. The average molecular weight is 529 g/mol. The summed E-state index contributed by atoms with van der Waals surface area (Å²) >= 11 is 7.67. The lowest BCUT2D eigenvalue weighted by molar-refractivity contribution is -0.143. The Bertz CT molecular complexity index is 1780. The topological polar surface area (TPSA) is 96.3 Å². The largest absolute Gasteiger partial charge is 0.434 e. The van der Waals surface area contributed by atoms with Gasteiger partial charge in [0.2, 0.25) is 0 Å². The van der Waals surface area contributed by atoms with Crippen LogP contribution < -0.4 is 0 Å². The second-order valence-electron chi connectivity index (χ2n) is 7.75. The summed E-state index contributed by atoms with van der Waals surface area (Å²) in [5, 5.41) is 14.6. The van der Waals surface area contributed by atoms with Gasteiger partial charge in [-0.15, -0.1) is 16.1 Å². The van der Waals surface area contributed by atoms with E-state index in [1.54, 1.807) is 18.5 Å². The summed E-state index contributed by atoms with van der Waals surface area (Å²) in [6.07, 6.45) is 1.78. The zero-order chi connectivity index (χ0) is 25.2. The number of thiophene rings is 1. The van der Waals surface area contributed by atoms with E-state index in [-0.39, 0.29) is 27.5 Å². The fourth-order valence-electron chi connectivity index (χ4n) is 4.07. The van der Waals surface area contributed by atoms with E-state index in [1.807, 2.05) is 0 Å². The van der Waals surface area contributed by atoms with Crippen LogP contribution in [0.25, 0.3) is 32.8 Å². The smallest absolute Gasteiger partial charge is 0.335 e. The molecule has 0 aromatic carbocycles. The summed E-state index contributed by atoms with van der Waals surface area (Å²) < 4.78 is 45.3. The van der Waals surface area contributed by atoms with Crippen molar-refractivity contribution in [3.8, 4) is 11.5 Å². The minimum absolute atomic E-state index is 0.00216. The van der Waals surface area contributed by atoms with Crippen LogP contribution in [0.5, 0.6) is 0 Å². The summed E-state index contributed by atoms with van der Waals surface area (Å²) in [7, 11) is 1.62. The van der Waals surface area contributed by atoms with E-state index in [1.165, 1.54) is 57.6 Å². The molecule has 0 spiro atoms. The number of nitrogens with zero attached hydrogens (tertiary/aromatic N) is 8. The highest BCUT2D eigenvalue weighted by Crippen LogP contribution is 2.37. The first kappa shape index (κ1) is 22.4. The van der Waals surface area contributed by atoms with Gasteiger partial charge in [0.15, 0.2) is 17.3 Å². The molecule has 0 atom stereocenters. The number of hydrogen-bond acceptors (Lipinski definition) is 7. The van der Waals surface area contributed by atoms with Crippen molar-refractivity contribution in [1.29, 1.82) is 0 Å². The third kappa shape index (κ3) is 3.38. The first-order valence-corrected chi connectivity index (χ1v) is 11.5. The zero-order valence-electron chi connectivity index (χ0n) is 18.1. The van der Waals surface area contributed by atoms with E-state index in [2.05, 4.69) is 25.3 Å². The van der Waals surface area contributed by atoms with Crippen LogP contribution in [0.2, 0.25) is 5.02 Å². The van der Waals surface area contributed by atoms with Crippen molar-refractivity contribution < 1.29 is 18.0 Å². The fourth-order valence-corrected chi connectivity index (χ4v) is 5.05. The van der Waals surface area contributed by atoms with Crippen LogP contribution in [-0.2, 0) is 13.2 Å². The van der Waals surface area contributed by atoms with Gasteiger partial charge in [-0.05, 0) is 23.6 Å². The van der Waals surface area contributed by atoms with Crippen molar-refractivity contribution in [1.82, 2.24) is 39.3 Å². The van der Waals surface area contributed by atoms with Gasteiger partial charge < -0.3 is 4.57 Å². The summed E-state index contributed by atoms with van der Waals surface area (Å²) in [4.78, 5) is 23.9. The van der Waals surface area contributed by atoms with E-state index < -0.39 is 23.2 Å². The van der Waals surface area contributed by atoms with Crippen LogP contribution in [0.3, 0.4) is 0 Å². The van der Waals surface area contributed by atoms with Gasteiger partial charge in [-0.2, -0.15) is 28.5 Å². The van der Waals surface area contributed by atoms with E-state index in [4.69, 9.17) is 11.6 Å². The van der Waals surface area contributed by atoms with Crippen LogP contribution in [-0.4, -0.2) is 45.1 Å². The molecule has 6 aromatic heterocycles. The van der Waals surface area contributed by atoms with Gasteiger partial charge in [0.05, 0.1) is 34.9 Å². The minimum Gasteiger partial charge on any atom is -0.335 e. The molecule has 9 nitrogen and oxygen atoms in total. The van der Waals surface area contributed by atoms with Gasteiger partial charge in [0, 0.05) is 35.8 Å². The molecule has 6 heterocycles. The number of carbonyl (C=O) groups excluding carboxylic acids is 1. The molecule has 0 saturated heterocycles. The van der Waals surface area contributed by atoms with Crippen molar-refractivity contribution in [3.05, 3.63) is 76.4 Å². The van der Waals surface area contributed by atoms with Gasteiger partial charge in [-0.25, -0.2) is 14.6 Å². The molecular formula is C22H12ClF3N8OS. The number of alkyl halides is 3. The summed E-state index contributed by atoms with van der Waals surface area (Å²) in [6, 6.07) is 4.55. The Morgan fingerprint density at radius 3 is 2.58 bits per heavy atom. The van der Waals surface area contributed by atoms with Crippen LogP contribution in [0.4, 0.5) is 13.2 Å². The van der Waals surface area contributed by atoms with Crippen LogP contribution in [0.15, 0.2) is 54.6 Å². The molecule has 0 amide bonds. The van der Waals surface area contributed by atoms with Crippen LogP contribution in [0, 0.1) is 0 Å². The standard InChI is InChI=1S/C22H12ClF3N8OS/c1-32-10-14(12-8-15(23)20(31-19(12)32)34-28-5-6-29-34)17(35)13-9-30-33(18(13)22(24,25)26)16-2-4-27-21-11(16)3-7-36-21/h2-10H,1H3. The second kappa shape index (κ2) is 7.96. The van der Waals surface area contributed by atoms with Gasteiger partial charge in [0.1, 0.15) is 10.5 Å². The molecule has 6 aromatic rings. The van der Waals surface area contributed by atoms with E-state index in [0.717, 1.165) is 10.9 Å². The number of ketones is 1. The number of fused-ring (bicyclic) bond motifs is 2. The maximum Gasteiger partial charge on any atom is 0.434 e. The molecule has 0 aliphatic heterocycles.